The van der Waals surface area contributed by atoms with E-state index >= 15 is 0 Å². The number of hydrogen-bond acceptors (Lipinski definition) is 5. The summed E-state index contributed by atoms with van der Waals surface area (Å²) in [6.07, 6.45) is 10.0. The van der Waals surface area contributed by atoms with Crippen LogP contribution in [0.2, 0.25) is 0 Å². The Kier molecular flexibility index (Phi) is 10.9. The van der Waals surface area contributed by atoms with Crippen LogP contribution in [-0.4, -0.2) is 28.6 Å². The number of carbonyl (C=O) groups excluding carboxylic acids is 1. The SMILES string of the molecule is CCCc1ccc(-c2ccc(-c3ncc(OC[C@H](C)OC(=O)CCCC[C@@H](C)CC)cn3)cc2)cc1. The Labute approximate surface area is 216 Å². The normalized spacial score (nSPS) is 12.7. The molecule has 0 spiro atoms. The maximum absolute atomic E-state index is 12.0. The molecule has 0 bridgehead atoms. The largest absolute Gasteiger partial charge is 0.486 e. The molecule has 0 unspecified atom stereocenters. The number of carbonyl (C=O) groups is 1. The molecule has 5 nitrogen and oxygen atoms in total. The Morgan fingerprint density at radius 1 is 0.861 bits per heavy atom. The summed E-state index contributed by atoms with van der Waals surface area (Å²) < 4.78 is 11.2. The van der Waals surface area contributed by atoms with Crippen LogP contribution in [0.5, 0.6) is 5.75 Å². The molecule has 1 aromatic heterocycles. The van der Waals surface area contributed by atoms with Crippen molar-refractivity contribution >= 4 is 5.97 Å². The molecule has 5 heteroatoms. The van der Waals surface area contributed by atoms with Crippen molar-refractivity contribution in [3.05, 3.63) is 66.5 Å². The van der Waals surface area contributed by atoms with E-state index in [1.54, 1.807) is 12.4 Å². The highest BCUT2D eigenvalue weighted by molar-refractivity contribution is 5.69. The van der Waals surface area contributed by atoms with Crippen molar-refractivity contribution in [1.29, 1.82) is 0 Å². The molecule has 0 N–H and O–H groups in total. The van der Waals surface area contributed by atoms with Gasteiger partial charge in [-0.3, -0.25) is 4.79 Å². The highest BCUT2D eigenvalue weighted by Gasteiger charge is 2.11. The summed E-state index contributed by atoms with van der Waals surface area (Å²) in [5.74, 6) is 1.75. The number of aryl methyl sites for hydroxylation is 1. The molecule has 0 aliphatic rings. The molecule has 0 amide bonds. The number of ether oxygens (including phenoxy) is 2. The molecular formula is C31H40N2O3. The van der Waals surface area contributed by atoms with E-state index in [0.29, 0.717) is 18.0 Å². The molecule has 0 fully saturated rings. The van der Waals surface area contributed by atoms with E-state index in [-0.39, 0.29) is 18.7 Å². The lowest BCUT2D eigenvalue weighted by Gasteiger charge is -2.14. The van der Waals surface area contributed by atoms with Gasteiger partial charge in [0, 0.05) is 12.0 Å². The van der Waals surface area contributed by atoms with Gasteiger partial charge in [-0.25, -0.2) is 9.97 Å². The van der Waals surface area contributed by atoms with Gasteiger partial charge in [-0.1, -0.05) is 95.0 Å². The Morgan fingerprint density at radius 3 is 2.08 bits per heavy atom. The fraction of sp³-hybridized carbons (Fsp3) is 0.452. The minimum atomic E-state index is -0.324. The first kappa shape index (κ1) is 27.4. The monoisotopic (exact) mass is 488 g/mol. The van der Waals surface area contributed by atoms with Crippen molar-refractivity contribution < 1.29 is 14.3 Å². The summed E-state index contributed by atoms with van der Waals surface area (Å²) in [4.78, 5) is 20.9. The fourth-order valence-corrected chi connectivity index (χ4v) is 4.00. The zero-order chi connectivity index (χ0) is 25.8. The van der Waals surface area contributed by atoms with E-state index in [9.17, 15) is 4.79 Å². The molecule has 192 valence electrons. The molecule has 2 aromatic carbocycles. The van der Waals surface area contributed by atoms with E-state index in [1.807, 2.05) is 19.1 Å². The summed E-state index contributed by atoms with van der Waals surface area (Å²) in [6, 6.07) is 17.0. The third-order valence-corrected chi connectivity index (χ3v) is 6.44. The highest BCUT2D eigenvalue weighted by atomic mass is 16.6. The number of unbranched alkanes of at least 4 members (excludes halogenated alkanes) is 1. The second-order valence-corrected chi connectivity index (χ2v) is 9.64. The second-order valence-electron chi connectivity index (χ2n) is 9.64. The first-order valence-electron chi connectivity index (χ1n) is 13.3. The van der Waals surface area contributed by atoms with Crippen LogP contribution < -0.4 is 4.74 Å². The maximum atomic E-state index is 12.0. The lowest BCUT2D eigenvalue weighted by Crippen LogP contribution is -2.22. The van der Waals surface area contributed by atoms with Gasteiger partial charge in [0.05, 0.1) is 12.4 Å². The van der Waals surface area contributed by atoms with Crippen molar-refractivity contribution in [2.75, 3.05) is 6.61 Å². The number of benzene rings is 2. The van der Waals surface area contributed by atoms with E-state index in [2.05, 4.69) is 67.1 Å². The zero-order valence-corrected chi connectivity index (χ0v) is 22.2. The lowest BCUT2D eigenvalue weighted by atomic mass is 10.0. The minimum absolute atomic E-state index is 0.165. The quantitative estimate of drug-likeness (QED) is 0.172. The van der Waals surface area contributed by atoms with Gasteiger partial charge in [0.25, 0.3) is 0 Å². The van der Waals surface area contributed by atoms with E-state index in [0.717, 1.165) is 43.6 Å². The molecule has 0 aliphatic heterocycles. The van der Waals surface area contributed by atoms with Crippen LogP contribution in [0.15, 0.2) is 60.9 Å². The van der Waals surface area contributed by atoms with E-state index in [1.165, 1.54) is 23.1 Å². The Hall–Kier alpha value is -3.21. The van der Waals surface area contributed by atoms with Crippen molar-refractivity contribution in [3.8, 4) is 28.3 Å². The van der Waals surface area contributed by atoms with Gasteiger partial charge >= 0.3 is 5.97 Å². The molecular weight excluding hydrogens is 448 g/mol. The van der Waals surface area contributed by atoms with Gasteiger partial charge in [-0.2, -0.15) is 0 Å². The summed E-state index contributed by atoms with van der Waals surface area (Å²) in [5, 5.41) is 0. The topological polar surface area (TPSA) is 61.3 Å². The number of esters is 1. The van der Waals surface area contributed by atoms with Crippen molar-refractivity contribution in [2.24, 2.45) is 5.92 Å². The predicted octanol–water partition coefficient (Wildman–Crippen LogP) is 7.68. The van der Waals surface area contributed by atoms with Gasteiger partial charge in [-0.05, 0) is 42.4 Å². The van der Waals surface area contributed by atoms with Crippen molar-refractivity contribution in [3.63, 3.8) is 0 Å². The average molecular weight is 489 g/mol. The van der Waals surface area contributed by atoms with Crippen LogP contribution in [0.1, 0.15) is 71.8 Å². The van der Waals surface area contributed by atoms with Crippen LogP contribution in [0.25, 0.3) is 22.5 Å². The summed E-state index contributed by atoms with van der Waals surface area (Å²) in [7, 11) is 0. The maximum Gasteiger partial charge on any atom is 0.306 e. The standard InChI is InChI=1S/C31H40N2O3/c1-5-9-25-12-14-26(15-13-25)27-16-18-28(19-17-27)31-32-20-29(21-33-31)35-22-24(4)36-30(34)11-8-7-10-23(3)6-2/h12-21,23-24H,5-11,22H2,1-4H3/t23-,24-/m0/s1. The van der Waals surface area contributed by atoms with Gasteiger partial charge in [0.2, 0.25) is 0 Å². The zero-order valence-electron chi connectivity index (χ0n) is 22.2. The Bertz CT molecular complexity index is 1050. The molecule has 1 heterocycles. The van der Waals surface area contributed by atoms with Gasteiger partial charge < -0.3 is 9.47 Å². The van der Waals surface area contributed by atoms with Crippen LogP contribution >= 0.6 is 0 Å². The fourth-order valence-electron chi connectivity index (χ4n) is 4.00. The molecule has 0 saturated carbocycles. The first-order valence-corrected chi connectivity index (χ1v) is 13.3. The highest BCUT2D eigenvalue weighted by Crippen LogP contribution is 2.24. The summed E-state index contributed by atoms with van der Waals surface area (Å²) in [6.45, 7) is 8.75. The smallest absolute Gasteiger partial charge is 0.306 e. The van der Waals surface area contributed by atoms with Crippen molar-refractivity contribution in [1.82, 2.24) is 9.97 Å². The third-order valence-electron chi connectivity index (χ3n) is 6.44. The Balaban J connectivity index is 1.44. The van der Waals surface area contributed by atoms with Gasteiger partial charge in [-0.15, -0.1) is 0 Å². The molecule has 0 aliphatic carbocycles. The minimum Gasteiger partial charge on any atom is -0.486 e. The molecule has 3 rings (SSSR count). The third kappa shape index (κ3) is 8.78. The molecule has 3 aromatic rings. The molecule has 36 heavy (non-hydrogen) atoms. The summed E-state index contributed by atoms with van der Waals surface area (Å²) in [5.41, 5.74) is 4.69. The number of rotatable bonds is 14. The van der Waals surface area contributed by atoms with Gasteiger partial charge in [0.1, 0.15) is 12.7 Å². The number of aromatic nitrogens is 2. The van der Waals surface area contributed by atoms with Crippen molar-refractivity contribution in [2.45, 2.75) is 78.7 Å². The van der Waals surface area contributed by atoms with Crippen LogP contribution in [0.4, 0.5) is 0 Å². The Morgan fingerprint density at radius 2 is 1.47 bits per heavy atom. The lowest BCUT2D eigenvalue weighted by molar-refractivity contribution is -0.149. The first-order chi connectivity index (χ1) is 17.5. The second kappa shape index (κ2) is 14.4. The average Bonchev–Trinajstić information content (AvgIpc) is 2.91. The molecule has 2 atom stereocenters. The van der Waals surface area contributed by atoms with E-state index < -0.39 is 0 Å². The number of nitrogens with zero attached hydrogens (tertiary/aromatic N) is 2. The molecule has 0 radical (unpaired) electrons. The number of hydrogen-bond donors (Lipinski definition) is 0. The van der Waals surface area contributed by atoms with Gasteiger partial charge in [0.15, 0.2) is 11.6 Å². The summed E-state index contributed by atoms with van der Waals surface area (Å²) >= 11 is 0. The van der Waals surface area contributed by atoms with E-state index in [4.69, 9.17) is 9.47 Å². The van der Waals surface area contributed by atoms with Crippen LogP contribution in [0, 0.1) is 5.92 Å². The van der Waals surface area contributed by atoms with Crippen LogP contribution in [-0.2, 0) is 16.0 Å². The predicted molar refractivity (Wildman–Crippen MR) is 146 cm³/mol. The molecule has 0 saturated heterocycles. The van der Waals surface area contributed by atoms with Crippen LogP contribution in [0.3, 0.4) is 0 Å².